The molecule has 1 aromatic rings. The average molecular weight is 513 g/mol. The van der Waals surface area contributed by atoms with Crippen molar-refractivity contribution in [1.29, 1.82) is 0 Å². The van der Waals surface area contributed by atoms with Crippen LogP contribution in [0.1, 0.15) is 19.4 Å². The topological polar surface area (TPSA) is 46.6 Å². The number of carbonyl (C=O) groups excluding carboxylic acids is 2. The molecule has 1 aromatic carbocycles. The van der Waals surface area contributed by atoms with Crippen LogP contribution in [0.25, 0.3) is 0 Å². The largest absolute Gasteiger partial charge is 0.452 e. The molecular weight excluding hydrogens is 502 g/mol. The molecule has 1 fully saturated rings. The maximum absolute atomic E-state index is 14.3. The van der Waals surface area contributed by atoms with Crippen molar-refractivity contribution in [3.05, 3.63) is 28.8 Å². The first kappa shape index (κ1) is 21.7. The second-order valence-electron chi connectivity index (χ2n) is 5.80. The van der Waals surface area contributed by atoms with Crippen LogP contribution in [-0.2, 0) is 20.5 Å². The van der Waals surface area contributed by atoms with Gasteiger partial charge in [-0.2, -0.15) is 13.2 Å². The quantitative estimate of drug-likeness (QED) is 0.202. The zero-order chi connectivity index (χ0) is 20.8. The van der Waals surface area contributed by atoms with Crippen LogP contribution < -0.4 is 4.90 Å². The standard InChI is InChI=1S/C15H11F7INO3/c1-4-6(3-23)24(14(26)13(4)27-5(2)25)12-10(18)8(16)7(15(20,21)22)9(17)11(12)19/h4,6,13H,3H2,1-2H3. The second kappa shape index (κ2) is 7.43. The lowest BCUT2D eigenvalue weighted by molar-refractivity contribution is -0.153. The molecule has 1 aliphatic rings. The zero-order valence-corrected chi connectivity index (χ0v) is 15.8. The lowest BCUT2D eigenvalue weighted by atomic mass is 10.0. The fraction of sp³-hybridized carbons (Fsp3) is 0.467. The lowest BCUT2D eigenvalue weighted by Gasteiger charge is -2.26. The van der Waals surface area contributed by atoms with Crippen LogP contribution in [-0.4, -0.2) is 28.4 Å². The number of esters is 1. The SMILES string of the molecule is CC(=O)OC1C(=O)N(c2c(F)c(F)c(C(F)(F)F)c(F)c2F)C(CI)C1C. The van der Waals surface area contributed by atoms with Gasteiger partial charge in [0.05, 0.1) is 6.04 Å². The van der Waals surface area contributed by atoms with Gasteiger partial charge in [0.2, 0.25) is 0 Å². The number of hydrogen-bond acceptors (Lipinski definition) is 3. The Hall–Kier alpha value is -1.60. The highest BCUT2D eigenvalue weighted by atomic mass is 127. The number of benzene rings is 1. The summed E-state index contributed by atoms with van der Waals surface area (Å²) < 4.78 is 99.3. The molecule has 0 saturated carbocycles. The summed E-state index contributed by atoms with van der Waals surface area (Å²) in [6.07, 6.45) is -7.20. The molecule has 150 valence electrons. The molecule has 3 unspecified atom stereocenters. The molecule has 0 aromatic heterocycles. The van der Waals surface area contributed by atoms with E-state index in [9.17, 15) is 40.3 Å². The van der Waals surface area contributed by atoms with Crippen LogP contribution in [0, 0.1) is 29.2 Å². The summed E-state index contributed by atoms with van der Waals surface area (Å²) in [7, 11) is 0. The van der Waals surface area contributed by atoms with E-state index < -0.39 is 70.6 Å². The van der Waals surface area contributed by atoms with E-state index in [1.807, 2.05) is 0 Å². The minimum absolute atomic E-state index is 0.00836. The Morgan fingerprint density at radius 3 is 1.96 bits per heavy atom. The summed E-state index contributed by atoms with van der Waals surface area (Å²) in [5, 5.41) is 0. The van der Waals surface area contributed by atoms with E-state index >= 15 is 0 Å². The molecule has 12 heteroatoms. The van der Waals surface area contributed by atoms with Crippen LogP contribution >= 0.6 is 22.6 Å². The van der Waals surface area contributed by atoms with Crippen molar-refractivity contribution in [3.63, 3.8) is 0 Å². The predicted molar refractivity (Wildman–Crippen MR) is 86.2 cm³/mol. The molecular formula is C15H11F7INO3. The first-order chi connectivity index (χ1) is 12.3. The Balaban J connectivity index is 2.70. The molecule has 2 rings (SSSR count). The Morgan fingerprint density at radius 1 is 1.11 bits per heavy atom. The zero-order valence-electron chi connectivity index (χ0n) is 13.6. The van der Waals surface area contributed by atoms with Gasteiger partial charge in [-0.1, -0.05) is 29.5 Å². The number of halogens is 8. The predicted octanol–water partition coefficient (Wildman–Crippen LogP) is 3.98. The second-order valence-corrected chi connectivity index (χ2v) is 6.68. The number of amides is 1. The summed E-state index contributed by atoms with van der Waals surface area (Å²) in [6.45, 7) is 2.36. The van der Waals surface area contributed by atoms with Crippen molar-refractivity contribution in [2.45, 2.75) is 32.2 Å². The summed E-state index contributed by atoms with van der Waals surface area (Å²) in [5.41, 5.74) is -4.32. The van der Waals surface area contributed by atoms with Crippen molar-refractivity contribution < 1.29 is 45.1 Å². The summed E-state index contributed by atoms with van der Waals surface area (Å²) >= 11 is 1.71. The van der Waals surface area contributed by atoms with Crippen molar-refractivity contribution in [3.8, 4) is 0 Å². The molecule has 1 heterocycles. The van der Waals surface area contributed by atoms with Crippen LogP contribution in [0.5, 0.6) is 0 Å². The Kier molecular flexibility index (Phi) is 5.97. The minimum atomic E-state index is -5.69. The van der Waals surface area contributed by atoms with Gasteiger partial charge in [-0.15, -0.1) is 0 Å². The number of anilines is 1. The first-order valence-electron chi connectivity index (χ1n) is 7.33. The van der Waals surface area contributed by atoms with Gasteiger partial charge in [-0.3, -0.25) is 14.5 Å². The van der Waals surface area contributed by atoms with Crippen LogP contribution in [0.2, 0.25) is 0 Å². The molecule has 27 heavy (non-hydrogen) atoms. The summed E-state index contributed by atoms with van der Waals surface area (Å²) in [4.78, 5) is 23.9. The molecule has 1 aliphatic heterocycles. The molecule has 0 spiro atoms. The number of nitrogens with zero attached hydrogens (tertiary/aromatic N) is 1. The molecule has 0 N–H and O–H groups in total. The van der Waals surface area contributed by atoms with Crippen molar-refractivity contribution >= 4 is 40.2 Å². The van der Waals surface area contributed by atoms with Gasteiger partial charge >= 0.3 is 12.1 Å². The molecule has 1 saturated heterocycles. The molecule has 1 amide bonds. The van der Waals surface area contributed by atoms with E-state index in [1.165, 1.54) is 6.92 Å². The first-order valence-corrected chi connectivity index (χ1v) is 8.86. The summed E-state index contributed by atoms with van der Waals surface area (Å²) in [5.74, 6) is -13.0. The van der Waals surface area contributed by atoms with E-state index in [-0.39, 0.29) is 4.43 Å². The van der Waals surface area contributed by atoms with E-state index in [1.54, 1.807) is 22.6 Å². The van der Waals surface area contributed by atoms with Gasteiger partial charge in [0.1, 0.15) is 11.3 Å². The maximum atomic E-state index is 14.3. The molecule has 4 nitrogen and oxygen atoms in total. The maximum Gasteiger partial charge on any atom is 0.422 e. The molecule has 0 radical (unpaired) electrons. The average Bonchev–Trinajstić information content (AvgIpc) is 2.76. The third kappa shape index (κ3) is 3.59. The smallest absolute Gasteiger partial charge is 0.422 e. The lowest BCUT2D eigenvalue weighted by Crippen LogP contribution is -2.39. The number of rotatable bonds is 3. The Bertz CT molecular complexity index is 770. The van der Waals surface area contributed by atoms with Gasteiger partial charge < -0.3 is 4.74 Å². The monoisotopic (exact) mass is 513 g/mol. The number of ether oxygens (including phenoxy) is 1. The van der Waals surface area contributed by atoms with Gasteiger partial charge in [-0.05, 0) is 0 Å². The van der Waals surface area contributed by atoms with Crippen LogP contribution in [0.15, 0.2) is 0 Å². The number of hydrogen-bond donors (Lipinski definition) is 0. The van der Waals surface area contributed by atoms with Crippen molar-refractivity contribution in [2.75, 3.05) is 9.33 Å². The van der Waals surface area contributed by atoms with Gasteiger partial charge in [0, 0.05) is 17.3 Å². The Labute approximate surface area is 161 Å². The van der Waals surface area contributed by atoms with E-state index in [0.29, 0.717) is 4.90 Å². The van der Waals surface area contributed by atoms with E-state index in [4.69, 9.17) is 4.74 Å². The third-order valence-electron chi connectivity index (χ3n) is 4.11. The highest BCUT2D eigenvalue weighted by Crippen LogP contribution is 2.42. The van der Waals surface area contributed by atoms with E-state index in [2.05, 4.69) is 0 Å². The van der Waals surface area contributed by atoms with Crippen molar-refractivity contribution in [2.24, 2.45) is 5.92 Å². The van der Waals surface area contributed by atoms with Crippen molar-refractivity contribution in [1.82, 2.24) is 0 Å². The number of alkyl halides is 4. The van der Waals surface area contributed by atoms with Crippen LogP contribution in [0.4, 0.5) is 36.4 Å². The number of carbonyl (C=O) groups is 2. The Morgan fingerprint density at radius 2 is 1.59 bits per heavy atom. The molecule has 0 bridgehead atoms. The van der Waals surface area contributed by atoms with Gasteiger partial charge in [0.25, 0.3) is 5.91 Å². The molecule has 3 atom stereocenters. The van der Waals surface area contributed by atoms with E-state index in [0.717, 1.165) is 6.92 Å². The fourth-order valence-electron chi connectivity index (χ4n) is 2.86. The highest BCUT2D eigenvalue weighted by molar-refractivity contribution is 14.1. The summed E-state index contributed by atoms with van der Waals surface area (Å²) in [6, 6.07) is -1.08. The van der Waals surface area contributed by atoms with Gasteiger partial charge in [0.15, 0.2) is 29.4 Å². The van der Waals surface area contributed by atoms with Crippen LogP contribution in [0.3, 0.4) is 0 Å². The fourth-order valence-corrected chi connectivity index (χ4v) is 4.06. The minimum Gasteiger partial charge on any atom is -0.452 e. The molecule has 0 aliphatic carbocycles. The third-order valence-corrected chi connectivity index (χ3v) is 5.01. The normalized spacial score (nSPS) is 23.1. The highest BCUT2D eigenvalue weighted by Gasteiger charge is 2.51. The van der Waals surface area contributed by atoms with Gasteiger partial charge in [-0.25, -0.2) is 17.6 Å².